The number of amides is 1. The largest absolute Gasteiger partial charge is 0.447 e. The van der Waals surface area contributed by atoms with Crippen LogP contribution in [-0.4, -0.2) is 30.7 Å². The van der Waals surface area contributed by atoms with E-state index in [0.717, 1.165) is 5.69 Å². The maximum Gasteiger partial charge on any atom is 0.411 e. The Balaban J connectivity index is 1.56. The van der Waals surface area contributed by atoms with Gasteiger partial charge in [0.15, 0.2) is 0 Å². The predicted octanol–water partition coefficient (Wildman–Crippen LogP) is 5.98. The molecule has 0 fully saturated rings. The summed E-state index contributed by atoms with van der Waals surface area (Å²) in [5, 5.41) is 30.6. The van der Waals surface area contributed by atoms with Gasteiger partial charge in [-0.25, -0.2) is 4.79 Å². The average Bonchev–Trinajstić information content (AvgIpc) is 2.86. The number of nitrogens with one attached hydrogen (secondary N) is 1. The Bertz CT molecular complexity index is 1160. The van der Waals surface area contributed by atoms with Crippen molar-refractivity contribution < 1.29 is 14.5 Å². The summed E-state index contributed by atoms with van der Waals surface area (Å²) in [7, 11) is 0. The maximum absolute atomic E-state index is 12.0. The number of hydrogen-bond donors (Lipinski definition) is 1. The molecule has 0 aliphatic rings. The number of nitro benzene ring substituents is 1. The monoisotopic (exact) mass is 458 g/mol. The van der Waals surface area contributed by atoms with E-state index in [2.05, 4.69) is 21.6 Å². The summed E-state index contributed by atoms with van der Waals surface area (Å²) in [5.41, 5.74) is 2.57. The molecule has 0 bridgehead atoms. The molecule has 0 radical (unpaired) electrons. The van der Waals surface area contributed by atoms with Gasteiger partial charge in [-0.1, -0.05) is 18.2 Å². The number of non-ortho nitro benzene ring substituents is 1. The number of benzene rings is 3. The standard InChI is InChI=1S/C24H22N6O4/c25-15-4-16-29(17-18-34-24(31)26-19-5-2-1-3-6-19)22-11-7-20(8-12-22)27-28-21-9-13-23(14-10-21)30(32)33/h1-3,5-14H,4,16-18H2,(H,26,31)/b28-27+. The third kappa shape index (κ3) is 7.42. The SMILES string of the molecule is N#CCCN(CCOC(=O)Nc1ccccc1)c1ccc(/N=N/c2ccc([N+](=O)[O-])cc2)cc1. The molecule has 0 saturated carbocycles. The van der Waals surface area contributed by atoms with Gasteiger partial charge in [0, 0.05) is 30.1 Å². The molecule has 0 saturated heterocycles. The minimum Gasteiger partial charge on any atom is -0.447 e. The molecule has 0 heterocycles. The van der Waals surface area contributed by atoms with Gasteiger partial charge in [-0.3, -0.25) is 15.4 Å². The zero-order valence-electron chi connectivity index (χ0n) is 18.2. The molecule has 172 valence electrons. The second-order valence-electron chi connectivity index (χ2n) is 7.01. The number of ether oxygens (including phenoxy) is 1. The van der Waals surface area contributed by atoms with Crippen molar-refractivity contribution in [3.8, 4) is 6.07 Å². The molecule has 3 rings (SSSR count). The molecule has 0 aliphatic carbocycles. The molecule has 1 N–H and O–H groups in total. The Kier molecular flexibility index (Phi) is 8.64. The van der Waals surface area contributed by atoms with E-state index >= 15 is 0 Å². The average molecular weight is 458 g/mol. The number of anilines is 2. The maximum atomic E-state index is 12.0. The van der Waals surface area contributed by atoms with Crippen LogP contribution in [0.3, 0.4) is 0 Å². The van der Waals surface area contributed by atoms with E-state index in [9.17, 15) is 14.9 Å². The molecule has 0 aliphatic heterocycles. The molecule has 34 heavy (non-hydrogen) atoms. The lowest BCUT2D eigenvalue weighted by atomic mass is 10.2. The van der Waals surface area contributed by atoms with Gasteiger partial charge in [0.25, 0.3) is 5.69 Å². The fourth-order valence-corrected chi connectivity index (χ4v) is 2.97. The molecule has 0 aromatic heterocycles. The van der Waals surface area contributed by atoms with Gasteiger partial charge in [0.2, 0.25) is 0 Å². The van der Waals surface area contributed by atoms with E-state index < -0.39 is 11.0 Å². The van der Waals surface area contributed by atoms with Crippen molar-refractivity contribution in [2.75, 3.05) is 29.9 Å². The van der Waals surface area contributed by atoms with Crippen molar-refractivity contribution in [2.45, 2.75) is 6.42 Å². The van der Waals surface area contributed by atoms with E-state index in [1.54, 1.807) is 24.3 Å². The fourth-order valence-electron chi connectivity index (χ4n) is 2.97. The lowest BCUT2D eigenvalue weighted by molar-refractivity contribution is -0.384. The van der Waals surface area contributed by atoms with Crippen LogP contribution in [-0.2, 0) is 4.74 Å². The number of nitro groups is 1. The normalized spacial score (nSPS) is 10.4. The lowest BCUT2D eigenvalue weighted by Crippen LogP contribution is -2.29. The minimum absolute atomic E-state index is 0.0118. The molecule has 0 atom stereocenters. The Morgan fingerprint density at radius 1 is 0.971 bits per heavy atom. The first-order valence-electron chi connectivity index (χ1n) is 10.4. The third-order valence-corrected chi connectivity index (χ3v) is 4.66. The van der Waals surface area contributed by atoms with E-state index in [0.29, 0.717) is 36.6 Å². The van der Waals surface area contributed by atoms with E-state index in [1.165, 1.54) is 24.3 Å². The second kappa shape index (κ2) is 12.3. The Morgan fingerprint density at radius 2 is 1.59 bits per heavy atom. The van der Waals surface area contributed by atoms with E-state index in [4.69, 9.17) is 10.00 Å². The number of nitrogens with zero attached hydrogens (tertiary/aromatic N) is 5. The Morgan fingerprint density at radius 3 is 2.18 bits per heavy atom. The molecule has 10 nitrogen and oxygen atoms in total. The highest BCUT2D eigenvalue weighted by Crippen LogP contribution is 2.24. The summed E-state index contributed by atoms with van der Waals surface area (Å²) < 4.78 is 5.26. The van der Waals surface area contributed by atoms with Crippen LogP contribution < -0.4 is 10.2 Å². The minimum atomic E-state index is -0.548. The number of carbonyl (C=O) groups excluding carboxylic acids is 1. The van der Waals surface area contributed by atoms with E-state index in [-0.39, 0.29) is 12.3 Å². The van der Waals surface area contributed by atoms with Crippen molar-refractivity contribution in [3.63, 3.8) is 0 Å². The third-order valence-electron chi connectivity index (χ3n) is 4.66. The highest BCUT2D eigenvalue weighted by atomic mass is 16.6. The van der Waals surface area contributed by atoms with Crippen molar-refractivity contribution in [1.82, 2.24) is 0 Å². The van der Waals surface area contributed by atoms with Gasteiger partial charge < -0.3 is 9.64 Å². The smallest absolute Gasteiger partial charge is 0.411 e. The van der Waals surface area contributed by atoms with Crippen LogP contribution in [0.2, 0.25) is 0 Å². The molecule has 3 aromatic carbocycles. The first-order chi connectivity index (χ1) is 16.5. The second-order valence-corrected chi connectivity index (χ2v) is 7.01. The van der Waals surface area contributed by atoms with Crippen LogP contribution in [0, 0.1) is 21.4 Å². The summed E-state index contributed by atoms with van der Waals surface area (Å²) in [6, 6.07) is 24.1. The van der Waals surface area contributed by atoms with Gasteiger partial charge in [0.1, 0.15) is 6.61 Å². The highest BCUT2D eigenvalue weighted by Gasteiger charge is 2.09. The first kappa shape index (κ1) is 23.9. The topological polar surface area (TPSA) is 133 Å². The Labute approximate surface area is 196 Å². The summed E-state index contributed by atoms with van der Waals surface area (Å²) in [6.45, 7) is 1.03. The first-order valence-corrected chi connectivity index (χ1v) is 10.4. The zero-order valence-corrected chi connectivity index (χ0v) is 18.2. The lowest BCUT2D eigenvalue weighted by Gasteiger charge is -2.23. The van der Waals surface area contributed by atoms with Crippen LogP contribution in [0.15, 0.2) is 89.1 Å². The molecular formula is C24H22N6O4. The van der Waals surface area contributed by atoms with Crippen LogP contribution >= 0.6 is 0 Å². The summed E-state index contributed by atoms with van der Waals surface area (Å²) in [4.78, 5) is 24.2. The number of nitriles is 1. The number of carbonyl (C=O) groups is 1. The van der Waals surface area contributed by atoms with Crippen molar-refractivity contribution in [3.05, 3.63) is 89.0 Å². The van der Waals surface area contributed by atoms with Crippen molar-refractivity contribution >= 4 is 34.5 Å². The van der Waals surface area contributed by atoms with Gasteiger partial charge in [-0.05, 0) is 48.5 Å². The van der Waals surface area contributed by atoms with Gasteiger partial charge >= 0.3 is 6.09 Å². The number of para-hydroxylation sites is 1. The summed E-state index contributed by atoms with van der Waals surface area (Å²) in [5.74, 6) is 0. The molecule has 1 amide bonds. The summed E-state index contributed by atoms with van der Waals surface area (Å²) >= 11 is 0. The summed E-state index contributed by atoms with van der Waals surface area (Å²) in [6.07, 6.45) is -0.230. The van der Waals surface area contributed by atoms with Crippen molar-refractivity contribution in [1.29, 1.82) is 5.26 Å². The quantitative estimate of drug-likeness (QED) is 0.226. The molecule has 0 unspecified atom stereocenters. The van der Waals surface area contributed by atoms with Gasteiger partial charge in [-0.2, -0.15) is 15.5 Å². The van der Waals surface area contributed by atoms with Gasteiger partial charge in [0.05, 0.1) is 35.3 Å². The van der Waals surface area contributed by atoms with Gasteiger partial charge in [-0.15, -0.1) is 0 Å². The highest BCUT2D eigenvalue weighted by molar-refractivity contribution is 5.84. The van der Waals surface area contributed by atoms with E-state index in [1.807, 2.05) is 35.2 Å². The van der Waals surface area contributed by atoms with Crippen LogP contribution in [0.5, 0.6) is 0 Å². The number of hydrogen-bond acceptors (Lipinski definition) is 8. The Hall–Kier alpha value is -4.78. The zero-order chi connectivity index (χ0) is 24.2. The van der Waals surface area contributed by atoms with Crippen LogP contribution in [0.4, 0.5) is 33.2 Å². The van der Waals surface area contributed by atoms with Crippen LogP contribution in [0.25, 0.3) is 0 Å². The molecule has 3 aromatic rings. The fraction of sp³-hybridized carbons (Fsp3) is 0.167. The molecule has 10 heteroatoms. The number of azo groups is 1. The predicted molar refractivity (Wildman–Crippen MR) is 128 cm³/mol. The van der Waals surface area contributed by atoms with Crippen molar-refractivity contribution in [2.24, 2.45) is 10.2 Å². The molecular weight excluding hydrogens is 436 g/mol. The molecule has 0 spiro atoms. The van der Waals surface area contributed by atoms with Crippen LogP contribution in [0.1, 0.15) is 6.42 Å². The number of rotatable bonds is 10.